The minimum Gasteiger partial charge on any atom is -0.449 e. The lowest BCUT2D eigenvalue weighted by Crippen LogP contribution is -2.32. The Morgan fingerprint density at radius 1 is 1.10 bits per heavy atom. The second-order valence-corrected chi connectivity index (χ2v) is 8.64. The van der Waals surface area contributed by atoms with E-state index in [0.29, 0.717) is 5.56 Å². The van der Waals surface area contributed by atoms with Gasteiger partial charge in [-0.05, 0) is 43.7 Å². The van der Waals surface area contributed by atoms with E-state index in [0.717, 1.165) is 18.2 Å². The maximum atomic E-state index is 13.7. The molecule has 0 heterocycles. The topological polar surface area (TPSA) is 92.8 Å². The zero-order valence-electron chi connectivity index (χ0n) is 17.6. The number of hydrogen-bond acceptors (Lipinski definition) is 5. The Kier molecular flexibility index (Phi) is 7.85. The van der Waals surface area contributed by atoms with E-state index < -0.39 is 45.3 Å². The Bertz CT molecular complexity index is 1060. The van der Waals surface area contributed by atoms with Gasteiger partial charge < -0.3 is 10.1 Å². The number of benzene rings is 2. The third kappa shape index (κ3) is 5.45. The van der Waals surface area contributed by atoms with Crippen molar-refractivity contribution in [1.29, 1.82) is 0 Å². The van der Waals surface area contributed by atoms with Crippen molar-refractivity contribution in [3.63, 3.8) is 0 Å². The molecule has 168 valence electrons. The molecule has 2 aromatic carbocycles. The van der Waals surface area contributed by atoms with Crippen molar-refractivity contribution in [2.75, 3.05) is 18.4 Å². The van der Waals surface area contributed by atoms with Gasteiger partial charge in [0.1, 0.15) is 17.3 Å². The van der Waals surface area contributed by atoms with Crippen molar-refractivity contribution >= 4 is 27.6 Å². The van der Waals surface area contributed by atoms with Gasteiger partial charge >= 0.3 is 5.97 Å². The van der Waals surface area contributed by atoms with Gasteiger partial charge in [0.15, 0.2) is 6.10 Å². The number of para-hydroxylation sites is 1. The summed E-state index contributed by atoms with van der Waals surface area (Å²) < 4.78 is 59.2. The van der Waals surface area contributed by atoms with Gasteiger partial charge in [0.05, 0.1) is 10.5 Å². The van der Waals surface area contributed by atoms with Crippen LogP contribution < -0.4 is 5.32 Å². The number of sulfonamides is 1. The summed E-state index contributed by atoms with van der Waals surface area (Å²) in [7, 11) is -3.81. The standard InChI is InChI=1S/C21H24F2N2O5S/c1-5-25(6-2)31(28,29)15-11-10-13(3)16(12-15)21(27)30-14(4)20(26)24-19-17(22)8-7-9-18(19)23/h7-12,14H,5-6H2,1-4H3,(H,24,26). The molecule has 31 heavy (non-hydrogen) atoms. The van der Waals surface area contributed by atoms with Crippen molar-refractivity contribution in [2.45, 2.75) is 38.7 Å². The van der Waals surface area contributed by atoms with E-state index in [2.05, 4.69) is 0 Å². The molecule has 0 aliphatic heterocycles. The highest BCUT2D eigenvalue weighted by Gasteiger charge is 2.26. The third-order valence-corrected chi connectivity index (χ3v) is 6.68. The lowest BCUT2D eigenvalue weighted by molar-refractivity contribution is -0.123. The zero-order valence-corrected chi connectivity index (χ0v) is 18.4. The molecule has 1 atom stereocenters. The molecule has 0 saturated carbocycles. The minimum absolute atomic E-state index is 0.0371. The average molecular weight is 454 g/mol. The van der Waals surface area contributed by atoms with E-state index in [-0.39, 0.29) is 23.5 Å². The lowest BCUT2D eigenvalue weighted by Gasteiger charge is -2.19. The number of ether oxygens (including phenoxy) is 1. The summed E-state index contributed by atoms with van der Waals surface area (Å²) in [5, 5.41) is 2.05. The van der Waals surface area contributed by atoms with Crippen LogP contribution in [-0.2, 0) is 19.6 Å². The molecule has 1 unspecified atom stereocenters. The van der Waals surface area contributed by atoms with Crippen LogP contribution >= 0.6 is 0 Å². The number of carbonyl (C=O) groups is 2. The van der Waals surface area contributed by atoms with Crippen LogP contribution in [-0.4, -0.2) is 43.8 Å². The predicted octanol–water partition coefficient (Wildman–Crippen LogP) is 3.49. The summed E-state index contributed by atoms with van der Waals surface area (Å²) in [4.78, 5) is 24.7. The summed E-state index contributed by atoms with van der Waals surface area (Å²) in [6.45, 7) is 6.74. The molecule has 1 N–H and O–H groups in total. The van der Waals surface area contributed by atoms with Gasteiger partial charge in [0.2, 0.25) is 10.0 Å². The number of amides is 1. The average Bonchev–Trinajstić information content (AvgIpc) is 2.71. The number of rotatable bonds is 8. The maximum Gasteiger partial charge on any atom is 0.339 e. The lowest BCUT2D eigenvalue weighted by atomic mass is 10.1. The first-order valence-electron chi connectivity index (χ1n) is 9.59. The Morgan fingerprint density at radius 2 is 1.68 bits per heavy atom. The van der Waals surface area contributed by atoms with Crippen LogP contribution in [0.5, 0.6) is 0 Å². The molecule has 0 radical (unpaired) electrons. The summed E-state index contributed by atoms with van der Waals surface area (Å²) in [6, 6.07) is 7.13. The van der Waals surface area contributed by atoms with E-state index in [1.165, 1.54) is 29.4 Å². The minimum atomic E-state index is -3.81. The molecule has 2 rings (SSSR count). The van der Waals surface area contributed by atoms with E-state index >= 15 is 0 Å². The van der Waals surface area contributed by atoms with Gasteiger partial charge in [0.25, 0.3) is 5.91 Å². The second-order valence-electron chi connectivity index (χ2n) is 6.70. The summed E-state index contributed by atoms with van der Waals surface area (Å²) in [6.07, 6.45) is -1.39. The van der Waals surface area contributed by atoms with Gasteiger partial charge in [-0.15, -0.1) is 0 Å². The largest absolute Gasteiger partial charge is 0.449 e. The molecular formula is C21H24F2N2O5S. The smallest absolute Gasteiger partial charge is 0.339 e. The van der Waals surface area contributed by atoms with E-state index in [1.807, 2.05) is 5.32 Å². The first-order chi connectivity index (χ1) is 14.5. The van der Waals surface area contributed by atoms with Crippen molar-refractivity contribution in [3.05, 3.63) is 59.2 Å². The van der Waals surface area contributed by atoms with Crippen molar-refractivity contribution in [2.24, 2.45) is 0 Å². The van der Waals surface area contributed by atoms with Crippen LogP contribution in [0.3, 0.4) is 0 Å². The molecule has 0 aliphatic rings. The van der Waals surface area contributed by atoms with E-state index in [1.54, 1.807) is 20.8 Å². The van der Waals surface area contributed by atoms with E-state index in [9.17, 15) is 26.8 Å². The van der Waals surface area contributed by atoms with Crippen molar-refractivity contribution in [1.82, 2.24) is 4.31 Å². The van der Waals surface area contributed by atoms with Gasteiger partial charge in [-0.2, -0.15) is 4.31 Å². The number of esters is 1. The first-order valence-corrected chi connectivity index (χ1v) is 11.0. The van der Waals surface area contributed by atoms with Crippen LogP contribution in [0.25, 0.3) is 0 Å². The van der Waals surface area contributed by atoms with Gasteiger partial charge in [-0.1, -0.05) is 26.0 Å². The molecule has 7 nitrogen and oxygen atoms in total. The summed E-state index contributed by atoms with van der Waals surface area (Å²) >= 11 is 0. The van der Waals surface area contributed by atoms with Gasteiger partial charge in [-0.3, -0.25) is 4.79 Å². The Labute approximate surface area is 180 Å². The van der Waals surface area contributed by atoms with Crippen LogP contribution in [0, 0.1) is 18.6 Å². The SMILES string of the molecule is CCN(CC)S(=O)(=O)c1ccc(C)c(C(=O)OC(C)C(=O)Nc2c(F)cccc2F)c1. The molecule has 0 spiro atoms. The fourth-order valence-electron chi connectivity index (χ4n) is 2.81. The van der Waals surface area contributed by atoms with Crippen molar-refractivity contribution in [3.8, 4) is 0 Å². The monoisotopic (exact) mass is 454 g/mol. The zero-order chi connectivity index (χ0) is 23.3. The molecule has 0 aromatic heterocycles. The highest BCUT2D eigenvalue weighted by atomic mass is 32.2. The predicted molar refractivity (Wildman–Crippen MR) is 111 cm³/mol. The number of nitrogens with one attached hydrogen (secondary N) is 1. The molecule has 0 fully saturated rings. The Balaban J connectivity index is 2.22. The number of carbonyl (C=O) groups excluding carboxylic acids is 2. The molecule has 2 aromatic rings. The number of halogens is 2. The van der Waals surface area contributed by atoms with E-state index in [4.69, 9.17) is 4.74 Å². The van der Waals surface area contributed by atoms with Crippen LogP contribution in [0.1, 0.15) is 36.7 Å². The molecule has 0 aliphatic carbocycles. The third-order valence-electron chi connectivity index (χ3n) is 4.64. The highest BCUT2D eigenvalue weighted by molar-refractivity contribution is 7.89. The molecule has 0 saturated heterocycles. The van der Waals surface area contributed by atoms with Crippen LogP contribution in [0.2, 0.25) is 0 Å². The second kappa shape index (κ2) is 9.97. The maximum absolute atomic E-state index is 13.7. The number of aryl methyl sites for hydroxylation is 1. The molecule has 0 bridgehead atoms. The van der Waals surface area contributed by atoms with Crippen LogP contribution in [0.15, 0.2) is 41.3 Å². The fourth-order valence-corrected chi connectivity index (χ4v) is 4.30. The molecular weight excluding hydrogens is 430 g/mol. The normalized spacial score (nSPS) is 12.5. The summed E-state index contributed by atoms with van der Waals surface area (Å²) in [5.74, 6) is -3.83. The molecule has 1 amide bonds. The van der Waals surface area contributed by atoms with Crippen molar-refractivity contribution < 1.29 is 31.5 Å². The highest BCUT2D eigenvalue weighted by Crippen LogP contribution is 2.22. The number of hydrogen-bond donors (Lipinski definition) is 1. The van der Waals surface area contributed by atoms with Crippen LogP contribution in [0.4, 0.5) is 14.5 Å². The van der Waals surface area contributed by atoms with Gasteiger partial charge in [0, 0.05) is 13.1 Å². The Morgan fingerprint density at radius 3 is 2.23 bits per heavy atom. The quantitative estimate of drug-likeness (QED) is 0.617. The number of anilines is 1. The Hall–Kier alpha value is -2.85. The first kappa shape index (κ1) is 24.4. The fraction of sp³-hybridized carbons (Fsp3) is 0.333. The number of nitrogens with zero attached hydrogens (tertiary/aromatic N) is 1. The van der Waals surface area contributed by atoms with Gasteiger partial charge in [-0.25, -0.2) is 22.0 Å². The molecule has 10 heteroatoms. The summed E-state index contributed by atoms with van der Waals surface area (Å²) in [5.41, 5.74) is -0.250.